The predicted molar refractivity (Wildman–Crippen MR) is 54.6 cm³/mol. The Hall–Kier alpha value is -1.83. The molecule has 2 aromatic rings. The average molecular weight is 171 g/mol. The van der Waals surface area contributed by atoms with Crippen LogP contribution in [0.3, 0.4) is 0 Å². The van der Waals surface area contributed by atoms with Crippen LogP contribution in [0.15, 0.2) is 47.3 Å². The molecule has 0 amide bonds. The van der Waals surface area contributed by atoms with Crippen LogP contribution in [0.5, 0.6) is 0 Å². The van der Waals surface area contributed by atoms with Gasteiger partial charge in [0.2, 0.25) is 0 Å². The Bertz CT molecular complexity index is 505. The van der Waals surface area contributed by atoms with E-state index in [1.165, 1.54) is 0 Å². The molecule has 0 saturated heterocycles. The Balaban J connectivity index is 3.01. The molecular weight excluding hydrogens is 162 g/mol. The molecule has 0 aromatic heterocycles. The second-order valence-corrected chi connectivity index (χ2v) is 2.93. The van der Waals surface area contributed by atoms with Crippen molar-refractivity contribution in [1.29, 1.82) is 0 Å². The first kappa shape index (κ1) is 7.80. The summed E-state index contributed by atoms with van der Waals surface area (Å²) < 4.78 is 0. The van der Waals surface area contributed by atoms with Gasteiger partial charge in [-0.15, -0.1) is 0 Å². The molecule has 0 aliphatic heterocycles. The molecule has 0 saturated carbocycles. The quantitative estimate of drug-likeness (QED) is 0.614. The summed E-state index contributed by atoms with van der Waals surface area (Å²) in [4.78, 5) is 11.5. The Labute approximate surface area is 75.6 Å². The fraction of sp³-hybridized carbons (Fsp3) is 0. The molecule has 0 bridgehead atoms. The zero-order chi connectivity index (χ0) is 9.26. The number of anilines is 1. The van der Waals surface area contributed by atoms with E-state index in [-0.39, 0.29) is 5.43 Å². The third-order valence-electron chi connectivity index (χ3n) is 1.98. The number of hydrogen-bond acceptors (Lipinski definition) is 2. The molecule has 2 nitrogen and oxygen atoms in total. The predicted octanol–water partition coefficient (Wildman–Crippen LogP) is 1.78. The second kappa shape index (κ2) is 2.90. The van der Waals surface area contributed by atoms with Gasteiger partial charge in [-0.2, -0.15) is 0 Å². The van der Waals surface area contributed by atoms with Gasteiger partial charge in [0.05, 0.1) is 0 Å². The molecule has 2 aromatic carbocycles. The highest BCUT2D eigenvalue weighted by molar-refractivity contribution is 5.84. The number of benzene rings is 1. The van der Waals surface area contributed by atoms with Gasteiger partial charge >= 0.3 is 0 Å². The minimum atomic E-state index is 0.00676. The maximum absolute atomic E-state index is 11.5. The first-order chi connectivity index (χ1) is 6.27. The fourth-order valence-electron chi connectivity index (χ4n) is 1.32. The molecule has 2 rings (SSSR count). The van der Waals surface area contributed by atoms with Crippen molar-refractivity contribution in [3.05, 3.63) is 52.7 Å². The summed E-state index contributed by atoms with van der Waals surface area (Å²) in [6.07, 6.45) is 0. The Morgan fingerprint density at radius 3 is 2.62 bits per heavy atom. The van der Waals surface area contributed by atoms with Gasteiger partial charge in [-0.1, -0.05) is 24.3 Å². The van der Waals surface area contributed by atoms with Gasteiger partial charge in [0, 0.05) is 11.1 Å². The third-order valence-corrected chi connectivity index (χ3v) is 1.98. The van der Waals surface area contributed by atoms with Crippen molar-refractivity contribution < 1.29 is 0 Å². The van der Waals surface area contributed by atoms with Crippen LogP contribution >= 0.6 is 0 Å². The standard InChI is InChI=1S/C11H9NO/c12-9-6-5-8-3-1-2-4-11(13)10(8)7-9/h1-7H,12H2. The van der Waals surface area contributed by atoms with Gasteiger partial charge in [0.1, 0.15) is 0 Å². The van der Waals surface area contributed by atoms with Crippen LogP contribution in [-0.2, 0) is 0 Å². The summed E-state index contributed by atoms with van der Waals surface area (Å²) in [7, 11) is 0. The summed E-state index contributed by atoms with van der Waals surface area (Å²) in [6.45, 7) is 0. The summed E-state index contributed by atoms with van der Waals surface area (Å²) in [5.74, 6) is 0. The van der Waals surface area contributed by atoms with Gasteiger partial charge in [-0.25, -0.2) is 0 Å². The maximum atomic E-state index is 11.5. The Kier molecular flexibility index (Phi) is 1.74. The van der Waals surface area contributed by atoms with Crippen molar-refractivity contribution in [1.82, 2.24) is 0 Å². The number of nitrogens with two attached hydrogens (primary N) is 1. The SMILES string of the molecule is Nc1ccc2ccccc(=O)c2c1. The molecule has 64 valence electrons. The average Bonchev–Trinajstić information content (AvgIpc) is 2.29. The molecule has 0 fully saturated rings. The third kappa shape index (κ3) is 1.38. The van der Waals surface area contributed by atoms with Gasteiger partial charge in [0.15, 0.2) is 5.43 Å². The van der Waals surface area contributed by atoms with E-state index in [1.54, 1.807) is 24.3 Å². The van der Waals surface area contributed by atoms with Crippen molar-refractivity contribution in [2.75, 3.05) is 5.73 Å². The van der Waals surface area contributed by atoms with E-state index in [9.17, 15) is 4.79 Å². The lowest BCUT2D eigenvalue weighted by molar-refractivity contribution is 1.71. The minimum absolute atomic E-state index is 0.00676. The van der Waals surface area contributed by atoms with E-state index < -0.39 is 0 Å². The number of hydrogen-bond donors (Lipinski definition) is 1. The van der Waals surface area contributed by atoms with Crippen molar-refractivity contribution in [2.24, 2.45) is 0 Å². The lowest BCUT2D eigenvalue weighted by Crippen LogP contribution is -1.95. The zero-order valence-electron chi connectivity index (χ0n) is 7.03. The highest BCUT2D eigenvalue weighted by Crippen LogP contribution is 2.12. The van der Waals surface area contributed by atoms with Crippen LogP contribution in [0.1, 0.15) is 0 Å². The normalized spacial score (nSPS) is 10.2. The fourth-order valence-corrected chi connectivity index (χ4v) is 1.32. The zero-order valence-corrected chi connectivity index (χ0v) is 7.03. The highest BCUT2D eigenvalue weighted by Gasteiger charge is 1.94. The molecule has 0 atom stereocenters. The first-order valence-corrected chi connectivity index (χ1v) is 4.06. The number of rotatable bonds is 0. The van der Waals surface area contributed by atoms with E-state index in [0.29, 0.717) is 11.1 Å². The minimum Gasteiger partial charge on any atom is -0.399 e. The molecule has 13 heavy (non-hydrogen) atoms. The lowest BCUT2D eigenvalue weighted by atomic mass is 10.1. The van der Waals surface area contributed by atoms with Crippen LogP contribution in [0.2, 0.25) is 0 Å². The van der Waals surface area contributed by atoms with Gasteiger partial charge < -0.3 is 5.73 Å². The van der Waals surface area contributed by atoms with Crippen molar-refractivity contribution in [2.45, 2.75) is 0 Å². The van der Waals surface area contributed by atoms with E-state index in [0.717, 1.165) is 5.39 Å². The van der Waals surface area contributed by atoms with Crippen LogP contribution in [0.4, 0.5) is 5.69 Å². The van der Waals surface area contributed by atoms with Gasteiger partial charge in [-0.05, 0) is 23.6 Å². The molecule has 2 N–H and O–H groups in total. The molecule has 0 heterocycles. The summed E-state index contributed by atoms with van der Waals surface area (Å²) in [6, 6.07) is 12.4. The second-order valence-electron chi connectivity index (χ2n) is 2.93. The van der Waals surface area contributed by atoms with Crippen molar-refractivity contribution in [3.8, 4) is 0 Å². The van der Waals surface area contributed by atoms with Gasteiger partial charge in [0.25, 0.3) is 0 Å². The summed E-state index contributed by atoms with van der Waals surface area (Å²) in [5, 5.41) is 1.59. The summed E-state index contributed by atoms with van der Waals surface area (Å²) >= 11 is 0. The van der Waals surface area contributed by atoms with E-state index in [2.05, 4.69) is 0 Å². The lowest BCUT2D eigenvalue weighted by Gasteiger charge is -1.93. The maximum Gasteiger partial charge on any atom is 0.186 e. The van der Waals surface area contributed by atoms with E-state index >= 15 is 0 Å². The number of nitrogen functional groups attached to an aromatic ring is 1. The van der Waals surface area contributed by atoms with E-state index in [1.807, 2.05) is 18.2 Å². The molecule has 2 heteroatoms. The van der Waals surface area contributed by atoms with Crippen LogP contribution in [0, 0.1) is 0 Å². The van der Waals surface area contributed by atoms with E-state index in [4.69, 9.17) is 5.73 Å². The molecular formula is C11H9NO. The molecule has 0 spiro atoms. The Morgan fingerprint density at radius 2 is 1.77 bits per heavy atom. The molecule has 0 radical (unpaired) electrons. The largest absolute Gasteiger partial charge is 0.399 e. The van der Waals surface area contributed by atoms with Gasteiger partial charge in [-0.3, -0.25) is 4.79 Å². The van der Waals surface area contributed by atoms with Crippen LogP contribution in [0.25, 0.3) is 10.8 Å². The molecule has 0 unspecified atom stereocenters. The highest BCUT2D eigenvalue weighted by atomic mass is 16.1. The molecule has 0 aliphatic carbocycles. The smallest absolute Gasteiger partial charge is 0.186 e. The van der Waals surface area contributed by atoms with Crippen molar-refractivity contribution >= 4 is 16.5 Å². The number of fused-ring (bicyclic) bond motifs is 1. The summed E-state index contributed by atoms with van der Waals surface area (Å²) in [5.41, 5.74) is 6.22. The van der Waals surface area contributed by atoms with Crippen molar-refractivity contribution in [3.63, 3.8) is 0 Å². The topological polar surface area (TPSA) is 43.1 Å². The monoisotopic (exact) mass is 171 g/mol. The Morgan fingerprint density at radius 1 is 1.00 bits per heavy atom. The van der Waals surface area contributed by atoms with Crippen LogP contribution in [-0.4, -0.2) is 0 Å². The van der Waals surface area contributed by atoms with Crippen LogP contribution < -0.4 is 11.2 Å². The molecule has 0 aliphatic rings. The first-order valence-electron chi connectivity index (χ1n) is 4.06.